The first kappa shape index (κ1) is 19.4. The number of guanidine groups is 1. The van der Waals surface area contributed by atoms with Gasteiger partial charge in [-0.15, -0.1) is 0 Å². The summed E-state index contributed by atoms with van der Waals surface area (Å²) >= 11 is 0. The van der Waals surface area contributed by atoms with E-state index in [0.717, 1.165) is 17.1 Å². The number of carbonyl (C=O) groups is 2. The first-order valence-corrected chi connectivity index (χ1v) is 9.13. The average molecular weight is 381 g/mol. The maximum Gasteiger partial charge on any atom is 0.229 e. The topological polar surface area (TPSA) is 89.0 Å². The number of amides is 2. The van der Waals surface area contributed by atoms with E-state index in [-0.39, 0.29) is 36.7 Å². The molecule has 0 radical (unpaired) electrons. The zero-order valence-electron chi connectivity index (χ0n) is 15.7. The van der Waals surface area contributed by atoms with E-state index in [1.807, 2.05) is 54.6 Å². The van der Waals surface area contributed by atoms with Gasteiger partial charge in [0.25, 0.3) is 0 Å². The molecule has 2 aromatic carbocycles. The highest BCUT2D eigenvalue weighted by molar-refractivity contribution is 6.06. The molecule has 1 aliphatic rings. The van der Waals surface area contributed by atoms with Crippen LogP contribution in [-0.2, 0) is 9.59 Å². The second-order valence-electron chi connectivity index (χ2n) is 6.33. The summed E-state index contributed by atoms with van der Waals surface area (Å²) in [5, 5.41) is 5.28. The highest BCUT2D eigenvalue weighted by Gasteiger charge is 2.23. The van der Waals surface area contributed by atoms with Gasteiger partial charge in [-0.1, -0.05) is 30.3 Å². The van der Waals surface area contributed by atoms with Crippen LogP contribution in [0.5, 0.6) is 11.5 Å². The smallest absolute Gasteiger partial charge is 0.229 e. The largest absolute Gasteiger partial charge is 0.497 e. The van der Waals surface area contributed by atoms with Gasteiger partial charge in [-0.05, 0) is 36.2 Å². The maximum absolute atomic E-state index is 12.1. The van der Waals surface area contributed by atoms with E-state index in [1.165, 1.54) is 0 Å². The minimum absolute atomic E-state index is 0.182. The molecule has 0 saturated carbocycles. The molecule has 0 unspecified atom stereocenters. The number of hydrogen-bond acceptors (Lipinski definition) is 5. The van der Waals surface area contributed by atoms with Crippen molar-refractivity contribution in [3.63, 3.8) is 0 Å². The Bertz CT molecular complexity index is 834. The molecule has 3 rings (SSSR count). The molecule has 1 heterocycles. The third-order valence-electron chi connectivity index (χ3n) is 4.24. The number of nitrogens with zero attached hydrogens (tertiary/aromatic N) is 1. The van der Waals surface area contributed by atoms with Gasteiger partial charge in [-0.25, -0.2) is 4.99 Å². The summed E-state index contributed by atoms with van der Waals surface area (Å²) in [5.74, 6) is 1.30. The van der Waals surface area contributed by atoms with Gasteiger partial charge in [0.1, 0.15) is 11.5 Å². The lowest BCUT2D eigenvalue weighted by molar-refractivity contribution is -0.120. The SMILES string of the molecule is COc1ccc([C@H]2CC(=O)NC(NC(=O)CCCOc3ccccc3)=N2)cc1. The van der Waals surface area contributed by atoms with Gasteiger partial charge in [-0.2, -0.15) is 0 Å². The second kappa shape index (κ2) is 9.55. The summed E-state index contributed by atoms with van der Waals surface area (Å²) in [6, 6.07) is 16.5. The van der Waals surface area contributed by atoms with Crippen LogP contribution in [0.3, 0.4) is 0 Å². The fourth-order valence-electron chi connectivity index (χ4n) is 2.81. The quantitative estimate of drug-likeness (QED) is 0.722. The summed E-state index contributed by atoms with van der Waals surface area (Å²) in [6.07, 6.45) is 1.06. The van der Waals surface area contributed by atoms with Crippen molar-refractivity contribution in [3.05, 3.63) is 60.2 Å². The Balaban J connectivity index is 1.50. The first-order chi connectivity index (χ1) is 13.6. The summed E-state index contributed by atoms with van der Waals surface area (Å²) in [7, 11) is 1.60. The number of carbonyl (C=O) groups excluding carboxylic acids is 2. The monoisotopic (exact) mass is 381 g/mol. The maximum atomic E-state index is 12.1. The van der Waals surface area contributed by atoms with E-state index in [9.17, 15) is 9.59 Å². The van der Waals surface area contributed by atoms with E-state index >= 15 is 0 Å². The third kappa shape index (κ3) is 5.57. The fourth-order valence-corrected chi connectivity index (χ4v) is 2.81. The van der Waals surface area contributed by atoms with Gasteiger partial charge in [0.2, 0.25) is 17.8 Å². The molecule has 7 nitrogen and oxygen atoms in total. The molecule has 2 amide bonds. The van der Waals surface area contributed by atoms with Crippen molar-refractivity contribution in [2.75, 3.05) is 13.7 Å². The number of benzene rings is 2. The highest BCUT2D eigenvalue weighted by Crippen LogP contribution is 2.25. The molecule has 0 bridgehead atoms. The summed E-state index contributed by atoms with van der Waals surface area (Å²) in [4.78, 5) is 28.6. The molecule has 0 fully saturated rings. The van der Waals surface area contributed by atoms with Gasteiger partial charge in [0.05, 0.1) is 26.2 Å². The van der Waals surface area contributed by atoms with Crippen molar-refractivity contribution >= 4 is 17.8 Å². The predicted molar refractivity (Wildman–Crippen MR) is 105 cm³/mol. The van der Waals surface area contributed by atoms with Crippen LogP contribution in [-0.4, -0.2) is 31.5 Å². The second-order valence-corrected chi connectivity index (χ2v) is 6.33. The van der Waals surface area contributed by atoms with Crippen molar-refractivity contribution in [1.29, 1.82) is 0 Å². The molecule has 0 aromatic heterocycles. The van der Waals surface area contributed by atoms with Gasteiger partial charge < -0.3 is 9.47 Å². The normalized spacial score (nSPS) is 16.0. The van der Waals surface area contributed by atoms with Crippen molar-refractivity contribution in [3.8, 4) is 11.5 Å². The van der Waals surface area contributed by atoms with Gasteiger partial charge >= 0.3 is 0 Å². The van der Waals surface area contributed by atoms with E-state index in [4.69, 9.17) is 9.47 Å². The first-order valence-electron chi connectivity index (χ1n) is 9.13. The number of ether oxygens (including phenoxy) is 2. The minimum atomic E-state index is -0.337. The number of methoxy groups -OCH3 is 1. The summed E-state index contributed by atoms with van der Waals surface area (Å²) < 4.78 is 10.7. The van der Waals surface area contributed by atoms with E-state index in [0.29, 0.717) is 13.0 Å². The number of rotatable bonds is 7. The highest BCUT2D eigenvalue weighted by atomic mass is 16.5. The zero-order valence-corrected chi connectivity index (χ0v) is 15.7. The zero-order chi connectivity index (χ0) is 19.8. The Morgan fingerprint density at radius 2 is 1.89 bits per heavy atom. The van der Waals surface area contributed by atoms with E-state index in [2.05, 4.69) is 15.6 Å². The Morgan fingerprint density at radius 3 is 2.61 bits per heavy atom. The summed E-state index contributed by atoms with van der Waals surface area (Å²) in [5.41, 5.74) is 0.888. The molecule has 1 aliphatic heterocycles. The van der Waals surface area contributed by atoms with E-state index in [1.54, 1.807) is 7.11 Å². The Morgan fingerprint density at radius 1 is 1.14 bits per heavy atom. The lowest BCUT2D eigenvalue weighted by atomic mass is 10.0. The number of aliphatic imine (C=N–C) groups is 1. The van der Waals surface area contributed by atoms with E-state index < -0.39 is 0 Å². The van der Waals surface area contributed by atoms with Crippen molar-refractivity contribution in [1.82, 2.24) is 10.6 Å². The molecule has 0 aliphatic carbocycles. The fraction of sp³-hybridized carbons (Fsp3) is 0.286. The van der Waals surface area contributed by atoms with Crippen LogP contribution in [0.4, 0.5) is 0 Å². The van der Waals surface area contributed by atoms with Crippen molar-refractivity contribution in [2.24, 2.45) is 4.99 Å². The van der Waals surface area contributed by atoms with Crippen LogP contribution in [0, 0.1) is 0 Å². The van der Waals surface area contributed by atoms with Crippen LogP contribution in [0.1, 0.15) is 30.9 Å². The van der Waals surface area contributed by atoms with Gasteiger partial charge in [0, 0.05) is 6.42 Å². The molecular formula is C21H23N3O4. The molecular weight excluding hydrogens is 358 g/mol. The summed E-state index contributed by atoms with van der Waals surface area (Å²) in [6.45, 7) is 0.435. The van der Waals surface area contributed by atoms with Gasteiger partial charge in [0.15, 0.2) is 0 Å². The number of hydrogen-bond donors (Lipinski definition) is 2. The van der Waals surface area contributed by atoms with Crippen LogP contribution in [0.25, 0.3) is 0 Å². The lowest BCUT2D eigenvalue weighted by Crippen LogP contribution is -2.47. The molecule has 0 spiro atoms. The van der Waals surface area contributed by atoms with Crippen molar-refractivity contribution < 1.29 is 19.1 Å². The molecule has 146 valence electrons. The Hall–Kier alpha value is -3.35. The molecule has 2 N–H and O–H groups in total. The van der Waals surface area contributed by atoms with Crippen molar-refractivity contribution in [2.45, 2.75) is 25.3 Å². The molecule has 1 atom stereocenters. The van der Waals surface area contributed by atoms with Gasteiger partial charge in [-0.3, -0.25) is 20.2 Å². The van der Waals surface area contributed by atoms with Crippen LogP contribution < -0.4 is 20.1 Å². The average Bonchev–Trinajstić information content (AvgIpc) is 2.71. The predicted octanol–water partition coefficient (Wildman–Crippen LogP) is 2.59. The Kier molecular flexibility index (Phi) is 6.62. The molecule has 2 aromatic rings. The molecule has 28 heavy (non-hydrogen) atoms. The number of para-hydroxylation sites is 1. The number of nitrogens with one attached hydrogen (secondary N) is 2. The van der Waals surface area contributed by atoms with Crippen LogP contribution in [0.2, 0.25) is 0 Å². The lowest BCUT2D eigenvalue weighted by Gasteiger charge is -2.21. The van der Waals surface area contributed by atoms with Crippen LogP contribution in [0.15, 0.2) is 59.6 Å². The molecule has 0 saturated heterocycles. The Labute approximate surface area is 163 Å². The standard InChI is InChI=1S/C21H23N3O4/c1-27-16-11-9-15(10-12-16)18-14-20(26)24-21(22-18)23-19(25)8-5-13-28-17-6-3-2-4-7-17/h2-4,6-7,9-12,18H,5,8,13-14H2,1H3,(H2,22,23,24,25,26)/t18-/m1/s1. The van der Waals surface area contributed by atoms with Crippen LogP contribution >= 0.6 is 0 Å². The molecule has 7 heteroatoms. The minimum Gasteiger partial charge on any atom is -0.497 e. The third-order valence-corrected chi connectivity index (χ3v) is 4.24.